The molecule has 3 rings (SSSR count). The van der Waals surface area contributed by atoms with E-state index in [9.17, 15) is 13.6 Å². The Morgan fingerprint density at radius 1 is 1.23 bits per heavy atom. The van der Waals surface area contributed by atoms with Crippen LogP contribution in [0.4, 0.5) is 13.9 Å². The van der Waals surface area contributed by atoms with Crippen LogP contribution in [-0.4, -0.2) is 38.3 Å². The molecule has 0 atom stereocenters. The van der Waals surface area contributed by atoms with E-state index < -0.39 is 12.3 Å². The smallest absolute Gasteiger partial charge is 0.263 e. The molecule has 0 bridgehead atoms. The molecule has 0 aliphatic carbocycles. The predicted molar refractivity (Wildman–Crippen MR) is 112 cm³/mol. The number of carbonyl (C=O) groups is 1. The van der Waals surface area contributed by atoms with Crippen LogP contribution in [0.15, 0.2) is 30.3 Å². The average Bonchev–Trinajstić information content (AvgIpc) is 3.12. The van der Waals surface area contributed by atoms with Crippen LogP contribution in [0.25, 0.3) is 10.2 Å². The largest absolute Gasteiger partial charge is 0.496 e. The Morgan fingerprint density at radius 3 is 2.73 bits per heavy atom. The molecular weight excluding hydrogens is 438 g/mol. The molecule has 6 nitrogen and oxygen atoms in total. The van der Waals surface area contributed by atoms with Gasteiger partial charge in [-0.3, -0.25) is 10.1 Å². The first-order valence-electron chi connectivity index (χ1n) is 8.86. The second-order valence-electron chi connectivity index (χ2n) is 6.19. The summed E-state index contributed by atoms with van der Waals surface area (Å²) in [6, 6.07) is 7.32. The Kier molecular flexibility index (Phi) is 7.54. The Bertz CT molecular complexity index is 1050. The first kappa shape index (κ1) is 22.4. The van der Waals surface area contributed by atoms with Crippen LogP contribution < -0.4 is 10.1 Å². The molecule has 30 heavy (non-hydrogen) atoms. The summed E-state index contributed by atoms with van der Waals surface area (Å²) in [5, 5.41) is 3.31. The summed E-state index contributed by atoms with van der Waals surface area (Å²) in [5.41, 5.74) is 1.24. The van der Waals surface area contributed by atoms with Gasteiger partial charge in [-0.15, -0.1) is 0 Å². The van der Waals surface area contributed by atoms with Crippen molar-refractivity contribution in [3.63, 3.8) is 0 Å². The first-order chi connectivity index (χ1) is 14.4. The highest BCUT2D eigenvalue weighted by atomic mass is 35.5. The van der Waals surface area contributed by atoms with Crippen LogP contribution in [-0.2, 0) is 16.1 Å². The zero-order valence-corrected chi connectivity index (χ0v) is 17.8. The molecule has 1 amide bonds. The number of hydrogen-bond acceptors (Lipinski definition) is 6. The van der Waals surface area contributed by atoms with Crippen molar-refractivity contribution in [3.05, 3.63) is 52.0 Å². The third-order valence-electron chi connectivity index (χ3n) is 4.15. The van der Waals surface area contributed by atoms with E-state index in [0.29, 0.717) is 39.8 Å². The maximum absolute atomic E-state index is 12.9. The number of carbonyl (C=O) groups excluding carboxylic acids is 1. The minimum Gasteiger partial charge on any atom is -0.496 e. The third-order valence-corrected chi connectivity index (χ3v) is 5.31. The maximum atomic E-state index is 12.9. The van der Waals surface area contributed by atoms with Crippen LogP contribution in [0, 0.1) is 0 Å². The number of halogens is 3. The van der Waals surface area contributed by atoms with Crippen LogP contribution >= 0.6 is 22.9 Å². The normalized spacial score (nSPS) is 11.3. The number of fused-ring (bicyclic) bond motifs is 1. The zero-order valence-electron chi connectivity index (χ0n) is 16.2. The Labute approximate surface area is 180 Å². The van der Waals surface area contributed by atoms with Crippen LogP contribution in [0.1, 0.15) is 27.9 Å². The highest BCUT2D eigenvalue weighted by Crippen LogP contribution is 2.32. The second-order valence-corrected chi connectivity index (χ2v) is 7.66. The first-order valence-corrected chi connectivity index (χ1v) is 10.1. The fourth-order valence-corrected chi connectivity index (χ4v) is 3.94. The predicted octanol–water partition coefficient (Wildman–Crippen LogP) is 5.31. The van der Waals surface area contributed by atoms with Crippen molar-refractivity contribution >= 4 is 44.2 Å². The number of aromatic nitrogens is 1. The fraction of sp³-hybridized carbons (Fsp3) is 0.300. The molecule has 1 aromatic heterocycles. The lowest BCUT2D eigenvalue weighted by Gasteiger charge is -2.14. The van der Waals surface area contributed by atoms with Crippen molar-refractivity contribution < 1.29 is 27.8 Å². The lowest BCUT2D eigenvalue weighted by Crippen LogP contribution is -2.14. The van der Waals surface area contributed by atoms with Gasteiger partial charge in [-0.25, -0.2) is 13.8 Å². The van der Waals surface area contributed by atoms with Crippen molar-refractivity contribution in [2.24, 2.45) is 0 Å². The number of thiazole rings is 1. The van der Waals surface area contributed by atoms with E-state index >= 15 is 0 Å². The minimum atomic E-state index is -2.57. The summed E-state index contributed by atoms with van der Waals surface area (Å²) in [5.74, 6) is -0.156. The number of benzene rings is 2. The van der Waals surface area contributed by atoms with Gasteiger partial charge in [-0.2, -0.15) is 0 Å². The Morgan fingerprint density at radius 2 is 2.03 bits per heavy atom. The number of nitrogens with zero attached hydrogens (tertiary/aromatic N) is 1. The molecule has 0 fully saturated rings. The van der Waals surface area contributed by atoms with Crippen molar-refractivity contribution in [1.29, 1.82) is 0 Å². The van der Waals surface area contributed by atoms with E-state index in [0.717, 1.165) is 11.3 Å². The molecule has 1 heterocycles. The van der Waals surface area contributed by atoms with Crippen molar-refractivity contribution in [3.8, 4) is 5.75 Å². The van der Waals surface area contributed by atoms with Gasteiger partial charge in [0.25, 0.3) is 12.3 Å². The molecule has 0 aliphatic rings. The molecular formula is C20H19ClF2N2O4S. The summed E-state index contributed by atoms with van der Waals surface area (Å²) in [6.07, 6.45) is -2.57. The van der Waals surface area contributed by atoms with Crippen LogP contribution in [0.5, 0.6) is 5.75 Å². The summed E-state index contributed by atoms with van der Waals surface area (Å²) in [6.45, 7) is 0.992. The third kappa shape index (κ3) is 5.23. The minimum absolute atomic E-state index is 0.0985. The Hall–Kier alpha value is -2.33. The van der Waals surface area contributed by atoms with E-state index in [1.165, 1.54) is 31.4 Å². The SMILES string of the molecule is COCCOCc1cc(Cl)cc(C(=O)Nc2nc3ccc(C(F)F)cc3s2)c1OC. The van der Waals surface area contributed by atoms with Crippen molar-refractivity contribution in [1.82, 2.24) is 4.98 Å². The molecule has 0 spiro atoms. The molecule has 10 heteroatoms. The van der Waals surface area contributed by atoms with E-state index in [1.54, 1.807) is 13.2 Å². The van der Waals surface area contributed by atoms with E-state index in [4.69, 9.17) is 25.8 Å². The van der Waals surface area contributed by atoms with Gasteiger partial charge in [0.15, 0.2) is 5.13 Å². The average molecular weight is 457 g/mol. The molecule has 1 N–H and O–H groups in total. The van der Waals surface area contributed by atoms with Gasteiger partial charge in [0.2, 0.25) is 0 Å². The van der Waals surface area contributed by atoms with Gasteiger partial charge < -0.3 is 14.2 Å². The number of amides is 1. The number of anilines is 1. The summed E-state index contributed by atoms with van der Waals surface area (Å²) in [7, 11) is 3.02. The fourth-order valence-electron chi connectivity index (χ4n) is 2.79. The van der Waals surface area contributed by atoms with Gasteiger partial charge in [-0.05, 0) is 24.3 Å². The van der Waals surface area contributed by atoms with E-state index in [-0.39, 0.29) is 22.9 Å². The Balaban J connectivity index is 1.83. The van der Waals surface area contributed by atoms with Crippen molar-refractivity contribution in [2.45, 2.75) is 13.0 Å². The molecule has 3 aromatic rings. The lowest BCUT2D eigenvalue weighted by molar-refractivity contribution is 0.0607. The number of hydrogen-bond donors (Lipinski definition) is 1. The summed E-state index contributed by atoms with van der Waals surface area (Å²) >= 11 is 7.28. The highest BCUT2D eigenvalue weighted by molar-refractivity contribution is 7.22. The molecule has 0 unspecified atom stereocenters. The highest BCUT2D eigenvalue weighted by Gasteiger charge is 2.19. The quantitative estimate of drug-likeness (QED) is 0.442. The molecule has 0 aliphatic heterocycles. The second kappa shape index (κ2) is 10.1. The number of nitrogens with one attached hydrogen (secondary N) is 1. The molecule has 0 saturated heterocycles. The number of methoxy groups -OCH3 is 2. The van der Waals surface area contributed by atoms with Gasteiger partial charge in [-0.1, -0.05) is 29.0 Å². The maximum Gasteiger partial charge on any atom is 0.263 e. The number of ether oxygens (including phenoxy) is 3. The van der Waals surface area contributed by atoms with Gasteiger partial charge >= 0.3 is 0 Å². The van der Waals surface area contributed by atoms with Crippen LogP contribution in [0.3, 0.4) is 0 Å². The molecule has 0 radical (unpaired) electrons. The standard InChI is InChI=1S/C20H19ClF2N2O4S/c1-27-5-6-29-10-12-7-13(21)9-14(17(12)28-2)19(26)25-20-24-15-4-3-11(18(22)23)8-16(15)30-20/h3-4,7-9,18H,5-6,10H2,1-2H3,(H,24,25,26). The number of alkyl halides is 2. The van der Waals surface area contributed by atoms with E-state index in [2.05, 4.69) is 10.3 Å². The van der Waals surface area contributed by atoms with Crippen LogP contribution in [0.2, 0.25) is 5.02 Å². The summed E-state index contributed by atoms with van der Waals surface area (Å²) < 4.78 is 42.2. The zero-order chi connectivity index (χ0) is 21.7. The topological polar surface area (TPSA) is 69.7 Å². The van der Waals surface area contributed by atoms with Gasteiger partial charge in [0.05, 0.1) is 42.7 Å². The summed E-state index contributed by atoms with van der Waals surface area (Å²) in [4.78, 5) is 17.1. The number of rotatable bonds is 9. The van der Waals surface area contributed by atoms with E-state index in [1.807, 2.05) is 0 Å². The monoisotopic (exact) mass is 456 g/mol. The lowest BCUT2D eigenvalue weighted by atomic mass is 10.1. The van der Waals surface area contributed by atoms with Crippen molar-refractivity contribution in [2.75, 3.05) is 32.8 Å². The molecule has 0 saturated carbocycles. The molecule has 2 aromatic carbocycles. The molecule has 160 valence electrons. The van der Waals surface area contributed by atoms with Gasteiger partial charge in [0.1, 0.15) is 5.75 Å². The van der Waals surface area contributed by atoms with Gasteiger partial charge in [0, 0.05) is 23.3 Å².